The van der Waals surface area contributed by atoms with E-state index in [0.717, 1.165) is 12.4 Å². The molecule has 0 aliphatic rings. The van der Waals surface area contributed by atoms with E-state index in [-0.39, 0.29) is 21.9 Å². The molecule has 1 aromatic heterocycles. The molecule has 0 radical (unpaired) electrons. The second-order valence-corrected chi connectivity index (χ2v) is 6.76. The minimum atomic E-state index is -4.11. The number of halogens is 2. The lowest BCUT2D eigenvalue weighted by Crippen LogP contribution is -2.16. The number of anilines is 1. The van der Waals surface area contributed by atoms with Crippen molar-refractivity contribution >= 4 is 21.7 Å². The molecule has 0 aliphatic carbocycles. The molecule has 2 aromatic rings. The third-order valence-corrected chi connectivity index (χ3v) is 4.76. The number of hydrogen-bond acceptors (Lipinski definition) is 5. The molecular formula is C14H15F2N3O5S. The summed E-state index contributed by atoms with van der Waals surface area (Å²) in [5.41, 5.74) is 0.631. The van der Waals surface area contributed by atoms with Crippen LogP contribution in [-0.2, 0) is 14.8 Å². The molecule has 0 fully saturated rings. The summed E-state index contributed by atoms with van der Waals surface area (Å²) in [5, 5.41) is 12.0. The number of benzene rings is 1. The van der Waals surface area contributed by atoms with Crippen LogP contribution < -0.4 is 9.46 Å². The van der Waals surface area contributed by atoms with Gasteiger partial charge < -0.3 is 9.84 Å². The van der Waals surface area contributed by atoms with Crippen LogP contribution in [0, 0.1) is 13.8 Å². The lowest BCUT2D eigenvalue weighted by atomic mass is 10.1. The summed E-state index contributed by atoms with van der Waals surface area (Å²) in [7, 11) is -4.11. The van der Waals surface area contributed by atoms with Crippen molar-refractivity contribution in [1.29, 1.82) is 0 Å². The molecule has 0 saturated carbocycles. The normalized spacial score (nSPS) is 11.6. The first-order valence-corrected chi connectivity index (χ1v) is 8.40. The number of hydrogen-bond donors (Lipinski definition) is 2. The van der Waals surface area contributed by atoms with Gasteiger partial charge in [0, 0.05) is 5.56 Å². The van der Waals surface area contributed by atoms with Crippen molar-refractivity contribution in [3.05, 3.63) is 35.7 Å². The highest BCUT2D eigenvalue weighted by Gasteiger charge is 2.22. The van der Waals surface area contributed by atoms with Crippen LogP contribution in [0.15, 0.2) is 29.4 Å². The summed E-state index contributed by atoms with van der Waals surface area (Å²) >= 11 is 0. The van der Waals surface area contributed by atoms with Gasteiger partial charge in [0.05, 0.1) is 23.0 Å². The molecule has 1 aromatic carbocycles. The minimum Gasteiger partial charge on any atom is -0.481 e. The van der Waals surface area contributed by atoms with Crippen LogP contribution in [-0.4, -0.2) is 35.9 Å². The van der Waals surface area contributed by atoms with E-state index in [4.69, 9.17) is 9.84 Å². The summed E-state index contributed by atoms with van der Waals surface area (Å²) in [5.74, 6) is -1.07. The van der Waals surface area contributed by atoms with E-state index in [0.29, 0.717) is 10.2 Å². The number of carboxylic acid groups (broad SMARTS) is 1. The minimum absolute atomic E-state index is 0.131. The monoisotopic (exact) mass is 375 g/mol. The van der Waals surface area contributed by atoms with E-state index in [1.165, 1.54) is 19.1 Å². The Morgan fingerprint density at radius 1 is 1.40 bits per heavy atom. The van der Waals surface area contributed by atoms with Gasteiger partial charge in [-0.2, -0.15) is 13.9 Å². The highest BCUT2D eigenvalue weighted by molar-refractivity contribution is 7.92. The van der Waals surface area contributed by atoms with Gasteiger partial charge in [0.25, 0.3) is 10.0 Å². The van der Waals surface area contributed by atoms with Crippen LogP contribution in [0.5, 0.6) is 5.75 Å². The SMILES string of the molecule is Cc1ccc(S(=O)(=O)Nc2cnn(C(F)F)c2)c(C)c1OCC(=O)O. The average Bonchev–Trinajstić information content (AvgIpc) is 2.94. The lowest BCUT2D eigenvalue weighted by Gasteiger charge is -2.15. The van der Waals surface area contributed by atoms with Gasteiger partial charge in [-0.1, -0.05) is 6.07 Å². The van der Waals surface area contributed by atoms with Gasteiger partial charge in [-0.15, -0.1) is 0 Å². The van der Waals surface area contributed by atoms with Crippen LogP contribution in [0.2, 0.25) is 0 Å². The number of alkyl halides is 2. The van der Waals surface area contributed by atoms with E-state index >= 15 is 0 Å². The van der Waals surface area contributed by atoms with Crippen LogP contribution in [0.25, 0.3) is 0 Å². The Hall–Kier alpha value is -2.69. The van der Waals surface area contributed by atoms with E-state index in [1.54, 1.807) is 6.92 Å². The number of aliphatic carboxylic acids is 1. The standard InChI is InChI=1S/C14H15F2N3O5S/c1-8-3-4-11(9(2)13(8)24-7-12(20)21)25(22,23)18-10-5-17-19(6-10)14(15)16/h3-6,14,18H,7H2,1-2H3,(H,20,21). The van der Waals surface area contributed by atoms with Crippen molar-refractivity contribution in [3.63, 3.8) is 0 Å². The summed E-state index contributed by atoms with van der Waals surface area (Å²) in [6.07, 6.45) is 1.81. The number of sulfonamides is 1. The van der Waals surface area contributed by atoms with Crippen molar-refractivity contribution in [3.8, 4) is 5.75 Å². The molecule has 0 aliphatic heterocycles. The smallest absolute Gasteiger partial charge is 0.341 e. The maximum atomic E-state index is 12.5. The first-order chi connectivity index (χ1) is 11.6. The molecular weight excluding hydrogens is 360 g/mol. The summed E-state index contributed by atoms with van der Waals surface area (Å²) in [6, 6.07) is 2.78. The molecule has 136 valence electrons. The predicted molar refractivity (Wildman–Crippen MR) is 83.3 cm³/mol. The number of aromatic nitrogens is 2. The molecule has 0 bridgehead atoms. The highest BCUT2D eigenvalue weighted by atomic mass is 32.2. The highest BCUT2D eigenvalue weighted by Crippen LogP contribution is 2.30. The lowest BCUT2D eigenvalue weighted by molar-refractivity contribution is -0.139. The molecule has 0 amide bonds. The second kappa shape index (κ2) is 7.05. The first-order valence-electron chi connectivity index (χ1n) is 6.91. The summed E-state index contributed by atoms with van der Waals surface area (Å²) < 4.78 is 57.6. The van der Waals surface area contributed by atoms with Crippen molar-refractivity contribution in [2.24, 2.45) is 0 Å². The fraction of sp³-hybridized carbons (Fsp3) is 0.286. The van der Waals surface area contributed by atoms with Gasteiger partial charge >= 0.3 is 12.5 Å². The Bertz CT molecular complexity index is 896. The molecule has 8 nitrogen and oxygen atoms in total. The van der Waals surface area contributed by atoms with Crippen molar-refractivity contribution < 1.29 is 31.8 Å². The van der Waals surface area contributed by atoms with Crippen molar-refractivity contribution in [2.75, 3.05) is 11.3 Å². The number of carbonyl (C=O) groups is 1. The zero-order chi connectivity index (χ0) is 18.8. The van der Waals surface area contributed by atoms with Crippen LogP contribution in [0.4, 0.5) is 14.5 Å². The fourth-order valence-corrected chi connectivity index (χ4v) is 3.43. The molecule has 2 N–H and O–H groups in total. The number of rotatable bonds is 7. The number of ether oxygens (including phenoxy) is 1. The van der Waals surface area contributed by atoms with E-state index in [1.807, 2.05) is 0 Å². The number of nitrogens with one attached hydrogen (secondary N) is 1. The van der Waals surface area contributed by atoms with E-state index < -0.39 is 29.1 Å². The predicted octanol–water partition coefficient (Wildman–Crippen LogP) is 2.16. The quantitative estimate of drug-likeness (QED) is 0.767. The second-order valence-electron chi connectivity index (χ2n) is 5.11. The Kier molecular flexibility index (Phi) is 5.26. The van der Waals surface area contributed by atoms with Gasteiger partial charge in [-0.25, -0.2) is 17.9 Å². The third-order valence-electron chi connectivity index (χ3n) is 3.24. The molecule has 25 heavy (non-hydrogen) atoms. The summed E-state index contributed by atoms with van der Waals surface area (Å²) in [4.78, 5) is 10.5. The maximum absolute atomic E-state index is 12.5. The van der Waals surface area contributed by atoms with Gasteiger partial charge in [0.2, 0.25) is 0 Å². The van der Waals surface area contributed by atoms with Crippen LogP contribution in [0.1, 0.15) is 17.7 Å². The Morgan fingerprint density at radius 2 is 2.08 bits per heavy atom. The maximum Gasteiger partial charge on any atom is 0.341 e. The van der Waals surface area contributed by atoms with Gasteiger partial charge in [0.1, 0.15) is 5.75 Å². The third kappa shape index (κ3) is 4.24. The Morgan fingerprint density at radius 3 is 2.64 bits per heavy atom. The molecule has 2 rings (SSSR count). The number of carboxylic acids is 1. The average molecular weight is 375 g/mol. The Labute approximate surface area is 142 Å². The Balaban J connectivity index is 2.35. The topological polar surface area (TPSA) is 111 Å². The van der Waals surface area contributed by atoms with Gasteiger partial charge in [-0.05, 0) is 25.5 Å². The fourth-order valence-electron chi connectivity index (χ4n) is 2.16. The van der Waals surface area contributed by atoms with E-state index in [2.05, 4.69) is 9.82 Å². The largest absolute Gasteiger partial charge is 0.481 e. The molecule has 1 heterocycles. The van der Waals surface area contributed by atoms with Gasteiger partial charge in [-0.3, -0.25) is 4.72 Å². The van der Waals surface area contributed by atoms with Crippen molar-refractivity contribution in [2.45, 2.75) is 25.3 Å². The molecule has 11 heteroatoms. The van der Waals surface area contributed by atoms with Gasteiger partial charge in [0.15, 0.2) is 6.61 Å². The molecule has 0 spiro atoms. The summed E-state index contributed by atoms with van der Waals surface area (Å²) in [6.45, 7) is -0.419. The zero-order valence-electron chi connectivity index (χ0n) is 13.2. The molecule has 0 atom stereocenters. The zero-order valence-corrected chi connectivity index (χ0v) is 14.0. The van der Waals surface area contributed by atoms with Crippen LogP contribution in [0.3, 0.4) is 0 Å². The molecule has 0 saturated heterocycles. The first kappa shape index (κ1) is 18.6. The van der Waals surface area contributed by atoms with E-state index in [9.17, 15) is 22.0 Å². The van der Waals surface area contributed by atoms with Crippen LogP contribution >= 0.6 is 0 Å². The number of nitrogens with zero attached hydrogens (tertiary/aromatic N) is 2. The number of aryl methyl sites for hydroxylation is 1. The van der Waals surface area contributed by atoms with Crippen molar-refractivity contribution in [1.82, 2.24) is 9.78 Å². The molecule has 0 unspecified atom stereocenters.